The van der Waals surface area contributed by atoms with Crippen LogP contribution in [0.4, 0.5) is 10.5 Å². The lowest BCUT2D eigenvalue weighted by Crippen LogP contribution is -2.62. The first-order valence-corrected chi connectivity index (χ1v) is 22.9. The van der Waals surface area contributed by atoms with Crippen molar-refractivity contribution in [1.29, 1.82) is 0 Å². The number of nitrogens with one attached hydrogen (secondary N) is 4. The minimum absolute atomic E-state index is 0.0482. The number of likely N-dealkylation sites (N-methyl/N-ethyl adjacent to an activating group) is 1. The molecule has 3 aromatic carbocycles. The fraction of sp³-hybridized carbons (Fsp3) is 0.560. The van der Waals surface area contributed by atoms with E-state index in [1.165, 1.54) is 6.92 Å². The van der Waals surface area contributed by atoms with Crippen LogP contribution >= 0.6 is 0 Å². The van der Waals surface area contributed by atoms with Crippen molar-refractivity contribution < 1.29 is 38.6 Å². The summed E-state index contributed by atoms with van der Waals surface area (Å²) in [5, 5.41) is 24.3. The smallest absolute Gasteiger partial charge is 0.407 e. The van der Waals surface area contributed by atoms with Crippen molar-refractivity contribution in [2.24, 2.45) is 29.1 Å². The first-order valence-electron chi connectivity index (χ1n) is 22.9. The zero-order chi connectivity index (χ0) is 47.2. The van der Waals surface area contributed by atoms with Crippen molar-refractivity contribution in [1.82, 2.24) is 31.2 Å². The Bertz CT molecular complexity index is 2130. The molecule has 4 aliphatic rings. The van der Waals surface area contributed by atoms with Gasteiger partial charge in [-0.25, -0.2) is 4.79 Å². The molecule has 354 valence electrons. The van der Waals surface area contributed by atoms with E-state index in [1.807, 2.05) is 87.7 Å². The van der Waals surface area contributed by atoms with Crippen LogP contribution < -0.4 is 30.9 Å². The third kappa shape index (κ3) is 11.6. The molecule has 0 radical (unpaired) electrons. The molecular weight excluding hydrogens is 827 g/mol. The van der Waals surface area contributed by atoms with Crippen LogP contribution in [-0.2, 0) is 32.1 Å². The number of methoxy groups -OCH3 is 1. The molecule has 4 amide bonds. The molecule has 3 aromatic rings. The van der Waals surface area contributed by atoms with Gasteiger partial charge in [0, 0.05) is 75.1 Å². The molecular formula is C50H71N7O8. The number of aliphatic hydroxyl groups is 1. The van der Waals surface area contributed by atoms with Crippen molar-refractivity contribution in [2.45, 2.75) is 90.8 Å². The van der Waals surface area contributed by atoms with Gasteiger partial charge in [0.05, 0.1) is 26.2 Å². The van der Waals surface area contributed by atoms with E-state index < -0.39 is 36.9 Å². The van der Waals surface area contributed by atoms with Crippen LogP contribution in [0.3, 0.4) is 0 Å². The SMILES string of the molecule is COc1c(CN2O[C@@H](CO)[C@@H]([C@H](C)OC(=O)NCCNC(C)=O)[C@H]2C(=O)N[C@H]2C[C@@H]3C[C@@H]([C@@H]2C)C3(C)C)cccc1-c1cc(C(=O)N[C@@H](Cc2ccccc2)CN(C)C)cc(N(C)C)c1. The lowest BCUT2D eigenvalue weighted by Gasteiger charge is -2.62. The van der Waals surface area contributed by atoms with Gasteiger partial charge in [0.2, 0.25) is 11.8 Å². The minimum Gasteiger partial charge on any atom is -0.496 e. The Hall–Kier alpha value is -5.22. The summed E-state index contributed by atoms with van der Waals surface area (Å²) >= 11 is 0. The van der Waals surface area contributed by atoms with Crippen LogP contribution in [0.2, 0.25) is 0 Å². The maximum atomic E-state index is 14.8. The second kappa shape index (κ2) is 21.4. The maximum Gasteiger partial charge on any atom is 0.407 e. The first kappa shape index (κ1) is 49.2. The highest BCUT2D eigenvalue weighted by Crippen LogP contribution is 2.61. The number of fused-ring (bicyclic) bond motifs is 2. The number of benzene rings is 3. The standard InChI is InChI=1S/C50H71N7O8/c1-30-41-25-37(50(41,4)5)26-42(30)54-48(61)45-44(31(2)64-49(62)52-20-19-51-32(3)59)43(29-58)65-57(45)27-34-17-14-18-40(46(34)63-10)35-22-36(24-39(23-35)56(8)9)47(60)53-38(28-55(6)7)21-33-15-12-11-13-16-33/h11-18,22-24,30-31,37-38,41-45,58H,19-21,25-29H2,1-10H3,(H,51,59)(H,52,62)(H,53,60)(H,54,61)/t30-,31-,37-,38-,41-,42-,43-,44+,45-/m0/s1. The van der Waals surface area contributed by atoms with E-state index in [-0.39, 0.29) is 60.8 Å². The Labute approximate surface area is 384 Å². The van der Waals surface area contributed by atoms with Gasteiger partial charge in [-0.05, 0) is 92.8 Å². The molecule has 0 unspecified atom stereocenters. The number of anilines is 1. The predicted octanol–water partition coefficient (Wildman–Crippen LogP) is 4.86. The van der Waals surface area contributed by atoms with E-state index in [0.717, 1.165) is 35.2 Å². The number of nitrogens with zero attached hydrogens (tertiary/aromatic N) is 3. The Balaban J connectivity index is 1.29. The quantitative estimate of drug-likeness (QED) is 0.104. The van der Waals surface area contributed by atoms with E-state index >= 15 is 0 Å². The predicted molar refractivity (Wildman–Crippen MR) is 251 cm³/mol. The van der Waals surface area contributed by atoms with Gasteiger partial charge < -0.3 is 45.6 Å². The van der Waals surface area contributed by atoms with Crippen molar-refractivity contribution in [3.05, 3.63) is 83.4 Å². The number of ether oxygens (including phenoxy) is 2. The van der Waals surface area contributed by atoms with Gasteiger partial charge in [-0.15, -0.1) is 0 Å². The highest BCUT2D eigenvalue weighted by Gasteiger charge is 2.57. The molecule has 1 aliphatic heterocycles. The zero-order valence-electron chi connectivity index (χ0n) is 39.9. The monoisotopic (exact) mass is 898 g/mol. The third-order valence-electron chi connectivity index (χ3n) is 14.0. The third-order valence-corrected chi connectivity index (χ3v) is 14.0. The number of hydroxylamine groups is 2. The Morgan fingerprint density at radius 2 is 1.69 bits per heavy atom. The van der Waals surface area contributed by atoms with Crippen molar-refractivity contribution in [2.75, 3.05) is 66.4 Å². The normalized spacial score (nSPS) is 24.3. The van der Waals surface area contributed by atoms with Crippen molar-refractivity contribution >= 4 is 29.5 Å². The van der Waals surface area contributed by atoms with Gasteiger partial charge in [0.25, 0.3) is 5.91 Å². The summed E-state index contributed by atoms with van der Waals surface area (Å²) in [6.45, 7) is 10.6. The number of para-hydroxylation sites is 1. The van der Waals surface area contributed by atoms with Gasteiger partial charge in [-0.3, -0.25) is 19.2 Å². The van der Waals surface area contributed by atoms with Gasteiger partial charge >= 0.3 is 6.09 Å². The number of aliphatic hydroxyl groups excluding tert-OH is 1. The topological polar surface area (TPSA) is 174 Å². The molecule has 2 bridgehead atoms. The summed E-state index contributed by atoms with van der Waals surface area (Å²) in [5.41, 5.74) is 4.87. The van der Waals surface area contributed by atoms with E-state index in [9.17, 15) is 24.3 Å². The molecule has 5 N–H and O–H groups in total. The van der Waals surface area contributed by atoms with Crippen LogP contribution in [0.1, 0.15) is 68.9 Å². The highest BCUT2D eigenvalue weighted by molar-refractivity contribution is 5.97. The van der Waals surface area contributed by atoms with Gasteiger partial charge in [-0.2, -0.15) is 5.06 Å². The molecule has 65 heavy (non-hydrogen) atoms. The van der Waals surface area contributed by atoms with Gasteiger partial charge in [-0.1, -0.05) is 69.3 Å². The second-order valence-corrected chi connectivity index (χ2v) is 19.3. The molecule has 3 aliphatic carbocycles. The molecule has 4 fully saturated rings. The molecule has 15 heteroatoms. The van der Waals surface area contributed by atoms with Crippen LogP contribution in [0.15, 0.2) is 66.7 Å². The van der Waals surface area contributed by atoms with E-state index in [4.69, 9.17) is 14.3 Å². The Morgan fingerprint density at radius 3 is 2.32 bits per heavy atom. The average Bonchev–Trinajstić information content (AvgIpc) is 3.63. The molecule has 15 nitrogen and oxygen atoms in total. The number of rotatable bonds is 19. The number of carbonyl (C=O) groups is 4. The molecule has 0 spiro atoms. The van der Waals surface area contributed by atoms with Crippen LogP contribution in [-0.4, -0.2) is 131 Å². The summed E-state index contributed by atoms with van der Waals surface area (Å²) in [7, 11) is 9.44. The lowest BCUT2D eigenvalue weighted by molar-refractivity contribution is -0.183. The fourth-order valence-electron chi connectivity index (χ4n) is 10.4. The van der Waals surface area contributed by atoms with Crippen molar-refractivity contribution in [3.8, 4) is 16.9 Å². The number of carbonyl (C=O) groups excluding carboxylic acids is 4. The second-order valence-electron chi connectivity index (χ2n) is 19.3. The summed E-state index contributed by atoms with van der Waals surface area (Å²) in [6, 6.07) is 20.5. The molecule has 7 rings (SSSR count). The molecule has 3 saturated carbocycles. The van der Waals surface area contributed by atoms with E-state index in [0.29, 0.717) is 41.7 Å². The zero-order valence-corrected chi connectivity index (χ0v) is 39.9. The van der Waals surface area contributed by atoms with Gasteiger partial charge in [0.15, 0.2) is 0 Å². The number of alkyl carbamates (subject to hydrolysis) is 1. The van der Waals surface area contributed by atoms with Crippen molar-refractivity contribution in [3.63, 3.8) is 0 Å². The molecule has 1 heterocycles. The Kier molecular flexibility index (Phi) is 16.2. The van der Waals surface area contributed by atoms with Crippen LogP contribution in [0, 0.1) is 29.1 Å². The maximum absolute atomic E-state index is 14.8. The number of amides is 4. The van der Waals surface area contributed by atoms with E-state index in [2.05, 4.69) is 59.1 Å². The lowest BCUT2D eigenvalue weighted by atomic mass is 9.45. The minimum atomic E-state index is -0.959. The average molecular weight is 898 g/mol. The highest BCUT2D eigenvalue weighted by atomic mass is 16.7. The largest absolute Gasteiger partial charge is 0.496 e. The summed E-state index contributed by atoms with van der Waals surface area (Å²) < 4.78 is 12.0. The molecule has 9 atom stereocenters. The summed E-state index contributed by atoms with van der Waals surface area (Å²) in [4.78, 5) is 63.8. The van der Waals surface area contributed by atoms with Crippen LogP contribution in [0.25, 0.3) is 11.1 Å². The Morgan fingerprint density at radius 1 is 0.969 bits per heavy atom. The first-order chi connectivity index (χ1) is 30.9. The molecule has 1 saturated heterocycles. The summed E-state index contributed by atoms with van der Waals surface area (Å²) in [6.07, 6.45) is 0.239. The summed E-state index contributed by atoms with van der Waals surface area (Å²) in [5.74, 6) is 0.349. The van der Waals surface area contributed by atoms with E-state index in [1.54, 1.807) is 19.1 Å². The fourth-order valence-corrected chi connectivity index (χ4v) is 10.4. The number of hydrogen-bond acceptors (Lipinski definition) is 11. The van der Waals surface area contributed by atoms with Crippen LogP contribution in [0.5, 0.6) is 5.75 Å². The number of hydrogen-bond donors (Lipinski definition) is 5. The van der Waals surface area contributed by atoms with Gasteiger partial charge in [0.1, 0.15) is 24.0 Å². The molecule has 0 aromatic heterocycles.